The maximum Gasteiger partial charge on any atom is 0.127 e. The van der Waals surface area contributed by atoms with Crippen molar-refractivity contribution >= 4 is 22.3 Å². The van der Waals surface area contributed by atoms with Gasteiger partial charge >= 0.3 is 0 Å². The van der Waals surface area contributed by atoms with Gasteiger partial charge in [0.1, 0.15) is 5.82 Å². The van der Waals surface area contributed by atoms with Crippen LogP contribution in [0.3, 0.4) is 0 Å². The Morgan fingerprint density at radius 3 is 2.89 bits per heavy atom. The van der Waals surface area contributed by atoms with E-state index >= 15 is 0 Å². The van der Waals surface area contributed by atoms with Crippen LogP contribution in [-0.2, 0) is 13.6 Å². The molecule has 0 aliphatic carbocycles. The molecule has 5 heteroatoms. The quantitative estimate of drug-likeness (QED) is 0.750. The maximum atomic E-state index is 6.01. The summed E-state index contributed by atoms with van der Waals surface area (Å²) in [5.74, 6) is 0.959. The monoisotopic (exact) mass is 253 g/mol. The summed E-state index contributed by atoms with van der Waals surface area (Å²) in [7, 11) is 1.97. The first-order valence-electron chi connectivity index (χ1n) is 6.09. The number of nitrogen functional groups attached to an aromatic ring is 1. The summed E-state index contributed by atoms with van der Waals surface area (Å²) in [6.45, 7) is 0.627. The van der Waals surface area contributed by atoms with Gasteiger partial charge in [-0.1, -0.05) is 18.2 Å². The van der Waals surface area contributed by atoms with Crippen LogP contribution >= 0.6 is 0 Å². The fourth-order valence-electron chi connectivity index (χ4n) is 2.09. The number of aryl methyl sites for hydroxylation is 1. The Morgan fingerprint density at radius 1 is 1.26 bits per heavy atom. The van der Waals surface area contributed by atoms with Crippen molar-refractivity contribution in [1.82, 2.24) is 14.5 Å². The van der Waals surface area contributed by atoms with Crippen LogP contribution in [0.1, 0.15) is 5.82 Å². The minimum absolute atomic E-state index is 0.627. The van der Waals surface area contributed by atoms with Crippen LogP contribution in [0.5, 0.6) is 0 Å². The Hall–Kier alpha value is -2.56. The molecule has 0 bridgehead atoms. The average molecular weight is 253 g/mol. The lowest BCUT2D eigenvalue weighted by Crippen LogP contribution is -2.08. The molecular formula is C14H15N5. The Bertz CT molecular complexity index is 717. The molecule has 2 heterocycles. The van der Waals surface area contributed by atoms with Gasteiger partial charge in [-0.2, -0.15) is 0 Å². The van der Waals surface area contributed by atoms with Crippen LogP contribution in [-0.4, -0.2) is 14.5 Å². The van der Waals surface area contributed by atoms with Crippen molar-refractivity contribution in [3.63, 3.8) is 0 Å². The van der Waals surface area contributed by atoms with Gasteiger partial charge in [0.15, 0.2) is 0 Å². The largest absolute Gasteiger partial charge is 0.396 e. The number of hydrogen-bond acceptors (Lipinski definition) is 4. The van der Waals surface area contributed by atoms with E-state index in [2.05, 4.69) is 15.3 Å². The van der Waals surface area contributed by atoms with Gasteiger partial charge in [0, 0.05) is 24.8 Å². The Labute approximate surface area is 111 Å². The molecule has 3 rings (SSSR count). The zero-order chi connectivity index (χ0) is 13.2. The van der Waals surface area contributed by atoms with E-state index in [0.29, 0.717) is 12.2 Å². The van der Waals surface area contributed by atoms with Crippen molar-refractivity contribution < 1.29 is 0 Å². The first-order chi connectivity index (χ1) is 9.25. The lowest BCUT2D eigenvalue weighted by molar-refractivity contribution is 0.813. The van der Waals surface area contributed by atoms with Gasteiger partial charge in [-0.15, -0.1) is 0 Å². The number of imidazole rings is 1. The van der Waals surface area contributed by atoms with E-state index in [4.69, 9.17) is 5.73 Å². The summed E-state index contributed by atoms with van der Waals surface area (Å²) >= 11 is 0. The number of pyridine rings is 1. The first-order valence-corrected chi connectivity index (χ1v) is 6.09. The van der Waals surface area contributed by atoms with Crippen LogP contribution in [0.25, 0.3) is 10.9 Å². The molecule has 0 saturated carbocycles. The normalized spacial score (nSPS) is 10.8. The molecule has 0 unspecified atom stereocenters. The molecule has 2 aromatic heterocycles. The number of nitrogens with one attached hydrogen (secondary N) is 1. The van der Waals surface area contributed by atoms with E-state index < -0.39 is 0 Å². The van der Waals surface area contributed by atoms with Crippen molar-refractivity contribution in [2.75, 3.05) is 11.1 Å². The third-order valence-electron chi connectivity index (χ3n) is 3.15. The highest BCUT2D eigenvalue weighted by Crippen LogP contribution is 2.27. The van der Waals surface area contributed by atoms with Crippen molar-refractivity contribution in [1.29, 1.82) is 0 Å². The van der Waals surface area contributed by atoms with Gasteiger partial charge in [-0.25, -0.2) is 4.98 Å². The zero-order valence-corrected chi connectivity index (χ0v) is 10.7. The second-order valence-electron chi connectivity index (χ2n) is 4.41. The second-order valence-corrected chi connectivity index (χ2v) is 4.41. The average Bonchev–Trinajstić information content (AvgIpc) is 2.83. The molecule has 96 valence electrons. The van der Waals surface area contributed by atoms with E-state index in [-0.39, 0.29) is 0 Å². The molecular weight excluding hydrogens is 238 g/mol. The van der Waals surface area contributed by atoms with E-state index in [1.54, 1.807) is 12.4 Å². The lowest BCUT2D eigenvalue weighted by atomic mass is 10.1. The van der Waals surface area contributed by atoms with E-state index in [1.165, 1.54) is 0 Å². The van der Waals surface area contributed by atoms with Gasteiger partial charge in [0.25, 0.3) is 0 Å². The van der Waals surface area contributed by atoms with Crippen LogP contribution in [0, 0.1) is 0 Å². The van der Waals surface area contributed by atoms with Gasteiger partial charge in [-0.3, -0.25) is 4.98 Å². The number of nitrogens with zero attached hydrogens (tertiary/aromatic N) is 3. The van der Waals surface area contributed by atoms with Gasteiger partial charge < -0.3 is 15.6 Å². The van der Waals surface area contributed by atoms with E-state index in [1.807, 2.05) is 42.1 Å². The SMILES string of the molecule is Cn1ccnc1CNc1c(N)cnc2ccccc12. The summed E-state index contributed by atoms with van der Waals surface area (Å²) < 4.78 is 1.98. The number of hydrogen-bond donors (Lipinski definition) is 2. The summed E-state index contributed by atoms with van der Waals surface area (Å²) in [4.78, 5) is 8.60. The molecule has 0 fully saturated rings. The van der Waals surface area contributed by atoms with Crippen LogP contribution in [0.2, 0.25) is 0 Å². The van der Waals surface area contributed by atoms with Crippen molar-refractivity contribution in [2.45, 2.75) is 6.54 Å². The molecule has 0 aliphatic rings. The Balaban J connectivity index is 1.96. The van der Waals surface area contributed by atoms with Crippen molar-refractivity contribution in [3.05, 3.63) is 48.7 Å². The molecule has 19 heavy (non-hydrogen) atoms. The molecule has 0 amide bonds. The first kappa shape index (κ1) is 11.5. The molecule has 3 N–H and O–H groups in total. The van der Waals surface area contributed by atoms with Crippen molar-refractivity contribution in [2.24, 2.45) is 7.05 Å². The van der Waals surface area contributed by atoms with Crippen LogP contribution in [0.4, 0.5) is 11.4 Å². The summed E-state index contributed by atoms with van der Waals surface area (Å²) in [6.07, 6.45) is 5.39. The third-order valence-corrected chi connectivity index (χ3v) is 3.15. The predicted octanol–water partition coefficient (Wildman–Crippen LogP) is 2.16. The standard InChI is InChI=1S/C14H15N5/c1-19-7-6-16-13(19)9-18-14-10-4-2-3-5-12(10)17-8-11(14)15/h2-8H,9,15H2,1H3,(H,17,18). The Morgan fingerprint density at radius 2 is 2.11 bits per heavy atom. The number of benzene rings is 1. The zero-order valence-electron chi connectivity index (χ0n) is 10.7. The molecule has 0 spiro atoms. The van der Waals surface area contributed by atoms with Gasteiger partial charge in [-0.05, 0) is 6.07 Å². The Kier molecular flexibility index (Phi) is 2.79. The maximum absolute atomic E-state index is 6.01. The molecule has 0 saturated heterocycles. The second kappa shape index (κ2) is 4.61. The number of rotatable bonds is 3. The smallest absolute Gasteiger partial charge is 0.127 e. The molecule has 3 aromatic rings. The van der Waals surface area contributed by atoms with Gasteiger partial charge in [0.05, 0.1) is 29.6 Å². The fourth-order valence-corrected chi connectivity index (χ4v) is 2.09. The highest BCUT2D eigenvalue weighted by atomic mass is 15.1. The van der Waals surface area contributed by atoms with Crippen LogP contribution in [0.15, 0.2) is 42.9 Å². The summed E-state index contributed by atoms with van der Waals surface area (Å²) in [5, 5.41) is 4.38. The minimum atomic E-state index is 0.627. The lowest BCUT2D eigenvalue weighted by Gasteiger charge is -2.12. The number of para-hydroxylation sites is 1. The van der Waals surface area contributed by atoms with Crippen LogP contribution < -0.4 is 11.1 Å². The summed E-state index contributed by atoms with van der Waals surface area (Å²) in [5.41, 5.74) is 8.50. The molecule has 0 radical (unpaired) electrons. The van der Waals surface area contributed by atoms with Gasteiger partial charge in [0.2, 0.25) is 0 Å². The third kappa shape index (κ3) is 2.10. The van der Waals surface area contributed by atoms with E-state index in [9.17, 15) is 0 Å². The number of fused-ring (bicyclic) bond motifs is 1. The minimum Gasteiger partial charge on any atom is -0.396 e. The number of aromatic nitrogens is 3. The molecule has 5 nitrogen and oxygen atoms in total. The number of anilines is 2. The highest BCUT2D eigenvalue weighted by Gasteiger charge is 2.07. The number of nitrogens with two attached hydrogens (primary N) is 1. The fraction of sp³-hybridized carbons (Fsp3) is 0.143. The van der Waals surface area contributed by atoms with Crippen molar-refractivity contribution in [3.8, 4) is 0 Å². The molecule has 0 aliphatic heterocycles. The topological polar surface area (TPSA) is 68.8 Å². The molecule has 0 atom stereocenters. The van der Waals surface area contributed by atoms with E-state index in [0.717, 1.165) is 22.4 Å². The molecule has 1 aromatic carbocycles. The summed E-state index contributed by atoms with van der Waals surface area (Å²) in [6, 6.07) is 7.93. The highest BCUT2D eigenvalue weighted by molar-refractivity contribution is 5.96. The predicted molar refractivity (Wildman–Crippen MR) is 76.7 cm³/mol.